The number of H-pyrrole nitrogens is 1. The van der Waals surface area contributed by atoms with Gasteiger partial charge in [0, 0.05) is 17.1 Å². The molecular formula is C11H9N3O2. The van der Waals surface area contributed by atoms with Crippen LogP contribution in [-0.2, 0) is 9.53 Å². The Balaban J connectivity index is 2.09. The number of hydrogen-bond acceptors (Lipinski definition) is 3. The Morgan fingerprint density at radius 2 is 2.19 bits per heavy atom. The summed E-state index contributed by atoms with van der Waals surface area (Å²) < 4.78 is 5.26. The van der Waals surface area contributed by atoms with E-state index in [9.17, 15) is 4.79 Å². The first-order valence-corrected chi connectivity index (χ1v) is 4.90. The van der Waals surface area contributed by atoms with Crippen LogP contribution in [0.5, 0.6) is 0 Å². The van der Waals surface area contributed by atoms with Crippen molar-refractivity contribution in [3.05, 3.63) is 36.0 Å². The number of carbonyl (C=O) groups excluding carboxylic acids is 1. The first-order chi connectivity index (χ1) is 7.84. The Morgan fingerprint density at radius 3 is 3.00 bits per heavy atom. The third-order valence-corrected chi connectivity index (χ3v) is 2.44. The smallest absolute Gasteiger partial charge is 0.278 e. The normalized spacial score (nSPS) is 15.5. The van der Waals surface area contributed by atoms with Crippen LogP contribution in [-0.4, -0.2) is 23.4 Å². The average molecular weight is 215 g/mol. The van der Waals surface area contributed by atoms with Gasteiger partial charge in [-0.3, -0.25) is 4.79 Å². The van der Waals surface area contributed by atoms with E-state index in [4.69, 9.17) is 4.74 Å². The average Bonchev–Trinajstić information content (AvgIpc) is 2.74. The number of aromatic amines is 1. The SMILES string of the molecule is O=C1COC(c2c[nH]c3ccccc23)=NN1. The van der Waals surface area contributed by atoms with E-state index in [1.165, 1.54) is 0 Å². The van der Waals surface area contributed by atoms with E-state index >= 15 is 0 Å². The van der Waals surface area contributed by atoms with Crippen molar-refractivity contribution in [3.63, 3.8) is 0 Å². The number of ether oxygens (including phenoxy) is 1. The Labute approximate surface area is 91.1 Å². The Bertz CT molecular complexity index is 586. The third kappa shape index (κ3) is 1.33. The van der Waals surface area contributed by atoms with Gasteiger partial charge in [0.15, 0.2) is 6.61 Å². The molecule has 0 spiro atoms. The molecule has 5 nitrogen and oxygen atoms in total. The molecule has 80 valence electrons. The van der Waals surface area contributed by atoms with Gasteiger partial charge in [0.1, 0.15) is 0 Å². The molecule has 0 atom stereocenters. The van der Waals surface area contributed by atoms with Crippen molar-refractivity contribution < 1.29 is 9.53 Å². The maximum absolute atomic E-state index is 10.9. The highest BCUT2D eigenvalue weighted by Gasteiger charge is 2.17. The monoisotopic (exact) mass is 215 g/mol. The number of hydrazone groups is 1. The number of hydrogen-bond donors (Lipinski definition) is 2. The highest BCUT2D eigenvalue weighted by Crippen LogP contribution is 2.19. The lowest BCUT2D eigenvalue weighted by Crippen LogP contribution is -2.32. The molecule has 0 radical (unpaired) electrons. The summed E-state index contributed by atoms with van der Waals surface area (Å²) in [7, 11) is 0. The zero-order chi connectivity index (χ0) is 11.0. The topological polar surface area (TPSA) is 66.5 Å². The van der Waals surface area contributed by atoms with Gasteiger partial charge in [-0.2, -0.15) is 0 Å². The van der Waals surface area contributed by atoms with Crippen LogP contribution in [0.1, 0.15) is 5.56 Å². The van der Waals surface area contributed by atoms with E-state index in [1.54, 1.807) is 0 Å². The van der Waals surface area contributed by atoms with E-state index in [-0.39, 0.29) is 12.5 Å². The van der Waals surface area contributed by atoms with E-state index in [0.717, 1.165) is 16.5 Å². The molecular weight excluding hydrogens is 206 g/mol. The summed E-state index contributed by atoms with van der Waals surface area (Å²) in [5.41, 5.74) is 4.27. The molecule has 2 N–H and O–H groups in total. The predicted octanol–water partition coefficient (Wildman–Crippen LogP) is 0.976. The van der Waals surface area contributed by atoms with Crippen molar-refractivity contribution >= 4 is 22.7 Å². The quantitative estimate of drug-likeness (QED) is 0.744. The largest absolute Gasteiger partial charge is 0.466 e. The maximum atomic E-state index is 10.9. The summed E-state index contributed by atoms with van der Waals surface area (Å²) in [5.74, 6) is 0.209. The lowest BCUT2D eigenvalue weighted by atomic mass is 10.2. The van der Waals surface area contributed by atoms with Crippen molar-refractivity contribution in [1.82, 2.24) is 10.4 Å². The summed E-state index contributed by atoms with van der Waals surface area (Å²) in [6, 6.07) is 7.85. The molecule has 16 heavy (non-hydrogen) atoms. The molecule has 1 amide bonds. The second-order valence-electron chi connectivity index (χ2n) is 3.49. The van der Waals surface area contributed by atoms with Crippen LogP contribution in [0.4, 0.5) is 0 Å². The molecule has 2 heterocycles. The van der Waals surface area contributed by atoms with Crippen molar-refractivity contribution in [2.24, 2.45) is 5.10 Å². The molecule has 0 bridgehead atoms. The van der Waals surface area contributed by atoms with Crippen molar-refractivity contribution in [3.8, 4) is 0 Å². The minimum absolute atomic E-state index is 0.0122. The van der Waals surface area contributed by atoms with Crippen LogP contribution in [0, 0.1) is 0 Å². The fourth-order valence-electron chi connectivity index (χ4n) is 1.70. The standard InChI is InChI=1S/C11H9N3O2/c15-10-6-16-11(14-13-10)8-5-12-9-4-2-1-3-7(8)9/h1-5,12H,6H2,(H,13,15). The molecule has 2 aromatic rings. The summed E-state index contributed by atoms with van der Waals surface area (Å²) in [6.07, 6.45) is 1.82. The van der Waals surface area contributed by atoms with Crippen LogP contribution >= 0.6 is 0 Å². The summed E-state index contributed by atoms with van der Waals surface area (Å²) in [4.78, 5) is 14.0. The lowest BCUT2D eigenvalue weighted by Gasteiger charge is -2.12. The van der Waals surface area contributed by atoms with Crippen molar-refractivity contribution in [1.29, 1.82) is 0 Å². The van der Waals surface area contributed by atoms with Gasteiger partial charge < -0.3 is 9.72 Å². The minimum atomic E-state index is -0.233. The third-order valence-electron chi connectivity index (χ3n) is 2.44. The number of nitrogens with one attached hydrogen (secondary N) is 2. The van der Waals surface area contributed by atoms with Crippen LogP contribution < -0.4 is 5.43 Å². The first kappa shape index (κ1) is 8.96. The number of fused-ring (bicyclic) bond motifs is 1. The molecule has 3 rings (SSSR count). The highest BCUT2D eigenvalue weighted by molar-refractivity contribution is 6.08. The number of para-hydroxylation sites is 1. The van der Waals surface area contributed by atoms with E-state index in [1.807, 2.05) is 30.5 Å². The number of aromatic nitrogens is 1. The molecule has 0 unspecified atom stereocenters. The predicted molar refractivity (Wildman–Crippen MR) is 58.9 cm³/mol. The second-order valence-corrected chi connectivity index (χ2v) is 3.49. The van der Waals surface area contributed by atoms with Gasteiger partial charge in [-0.25, -0.2) is 5.43 Å². The Hall–Kier alpha value is -2.30. The fraction of sp³-hybridized carbons (Fsp3) is 0.0909. The summed E-state index contributed by atoms with van der Waals surface area (Å²) >= 11 is 0. The van der Waals surface area contributed by atoms with Crippen molar-refractivity contribution in [2.45, 2.75) is 0 Å². The first-order valence-electron chi connectivity index (χ1n) is 4.90. The molecule has 0 fully saturated rings. The zero-order valence-electron chi connectivity index (χ0n) is 8.36. The maximum Gasteiger partial charge on any atom is 0.278 e. The summed E-state index contributed by atoms with van der Waals surface area (Å²) in [5, 5.41) is 4.90. The molecule has 0 saturated heterocycles. The van der Waals surface area contributed by atoms with E-state index in [2.05, 4.69) is 15.5 Å². The van der Waals surface area contributed by atoms with Crippen LogP contribution in [0.3, 0.4) is 0 Å². The lowest BCUT2D eigenvalue weighted by molar-refractivity contribution is -0.124. The molecule has 1 aliphatic rings. The van der Waals surface area contributed by atoms with Crippen LogP contribution in [0.15, 0.2) is 35.6 Å². The minimum Gasteiger partial charge on any atom is -0.466 e. The molecule has 1 aromatic heterocycles. The zero-order valence-corrected chi connectivity index (χ0v) is 8.36. The van der Waals surface area contributed by atoms with Gasteiger partial charge in [-0.1, -0.05) is 18.2 Å². The number of carbonyl (C=O) groups is 1. The van der Waals surface area contributed by atoms with Crippen molar-refractivity contribution in [2.75, 3.05) is 6.61 Å². The number of nitrogens with zero attached hydrogens (tertiary/aromatic N) is 1. The molecule has 0 saturated carbocycles. The fourth-order valence-corrected chi connectivity index (χ4v) is 1.70. The second kappa shape index (κ2) is 3.37. The number of amides is 1. The number of rotatable bonds is 1. The molecule has 5 heteroatoms. The van der Waals surface area contributed by atoms with Crippen LogP contribution in [0.2, 0.25) is 0 Å². The molecule has 1 aromatic carbocycles. The van der Waals surface area contributed by atoms with E-state index in [0.29, 0.717) is 5.90 Å². The van der Waals surface area contributed by atoms with Gasteiger partial charge in [0.2, 0.25) is 5.90 Å². The van der Waals surface area contributed by atoms with Gasteiger partial charge in [-0.05, 0) is 6.07 Å². The van der Waals surface area contributed by atoms with Crippen LogP contribution in [0.25, 0.3) is 10.9 Å². The highest BCUT2D eigenvalue weighted by atomic mass is 16.5. The Morgan fingerprint density at radius 1 is 1.31 bits per heavy atom. The molecule has 1 aliphatic heterocycles. The summed E-state index contributed by atoms with van der Waals surface area (Å²) in [6.45, 7) is 0.0122. The van der Waals surface area contributed by atoms with Gasteiger partial charge in [0.25, 0.3) is 5.91 Å². The van der Waals surface area contributed by atoms with E-state index < -0.39 is 0 Å². The van der Waals surface area contributed by atoms with Gasteiger partial charge in [0.05, 0.1) is 5.56 Å². The number of benzene rings is 1. The van der Waals surface area contributed by atoms with Gasteiger partial charge in [-0.15, -0.1) is 5.10 Å². The molecule has 0 aliphatic carbocycles. The Kier molecular flexibility index (Phi) is 1.89. The van der Waals surface area contributed by atoms with Gasteiger partial charge >= 0.3 is 0 Å².